The highest BCUT2D eigenvalue weighted by Gasteiger charge is 2.12. The zero-order chi connectivity index (χ0) is 24.9. The summed E-state index contributed by atoms with van der Waals surface area (Å²) in [6.07, 6.45) is 6.61. The molecule has 0 radical (unpaired) electrons. The first kappa shape index (κ1) is 23.8. The minimum Gasteiger partial charge on any atom is -0.457 e. The molecule has 1 fully saturated rings. The van der Waals surface area contributed by atoms with Crippen molar-refractivity contribution >= 4 is 28.6 Å². The predicted molar refractivity (Wildman–Crippen MR) is 146 cm³/mol. The standard InChI is InChI=1S/C28H32N6O2.2H2/c1-29-27(35)25-19-23(11-13-30-25)36-22-9-10-26-24(18-22)32-28(33(26)2)31-21-8-6-7-20(17-21)12-16-34-14-4-3-5-15-34;;/h6-11,13,17-19H,3-5,12,14-16H2,1-2H3,(H,29,35)(H,31,32);2*1H. The van der Waals surface area contributed by atoms with Crippen LogP contribution in [-0.2, 0) is 13.5 Å². The topological polar surface area (TPSA) is 84.3 Å². The number of aryl methyl sites for hydroxylation is 1. The third-order valence-corrected chi connectivity index (χ3v) is 6.63. The maximum Gasteiger partial charge on any atom is 0.269 e. The monoisotopic (exact) mass is 488 g/mol. The molecule has 1 saturated heterocycles. The fraction of sp³-hybridized carbons (Fsp3) is 0.321. The van der Waals surface area contributed by atoms with Crippen LogP contribution in [0.15, 0.2) is 60.8 Å². The van der Waals surface area contributed by atoms with E-state index in [1.54, 1.807) is 25.4 Å². The Kier molecular flexibility index (Phi) is 7.13. The summed E-state index contributed by atoms with van der Waals surface area (Å²) in [5.74, 6) is 1.69. The van der Waals surface area contributed by atoms with Gasteiger partial charge in [0.1, 0.15) is 17.2 Å². The zero-order valence-electron chi connectivity index (χ0n) is 20.8. The van der Waals surface area contributed by atoms with E-state index in [1.165, 1.54) is 37.9 Å². The van der Waals surface area contributed by atoms with Gasteiger partial charge in [-0.2, -0.15) is 0 Å². The predicted octanol–water partition coefficient (Wildman–Crippen LogP) is 5.38. The summed E-state index contributed by atoms with van der Waals surface area (Å²) in [7, 11) is 3.57. The Morgan fingerprint density at radius 3 is 2.72 bits per heavy atom. The summed E-state index contributed by atoms with van der Waals surface area (Å²) < 4.78 is 8.03. The number of piperidine rings is 1. The van der Waals surface area contributed by atoms with Crippen molar-refractivity contribution in [1.82, 2.24) is 24.8 Å². The molecule has 0 spiro atoms. The van der Waals surface area contributed by atoms with Crippen LogP contribution >= 0.6 is 0 Å². The van der Waals surface area contributed by atoms with Gasteiger partial charge in [0.15, 0.2) is 0 Å². The van der Waals surface area contributed by atoms with Gasteiger partial charge in [-0.05, 0) is 68.2 Å². The number of imidazole rings is 1. The molecule has 5 rings (SSSR count). The van der Waals surface area contributed by atoms with Crippen LogP contribution in [0.25, 0.3) is 11.0 Å². The molecule has 2 aromatic heterocycles. The van der Waals surface area contributed by atoms with Crippen molar-refractivity contribution in [2.24, 2.45) is 7.05 Å². The molecule has 1 aliphatic rings. The number of nitrogens with zero attached hydrogens (tertiary/aromatic N) is 4. The van der Waals surface area contributed by atoms with Crippen molar-refractivity contribution in [2.75, 3.05) is 32.0 Å². The number of nitrogens with one attached hydrogen (secondary N) is 2. The molecule has 4 aromatic rings. The molecular weight excluding hydrogens is 452 g/mol. The lowest BCUT2D eigenvalue weighted by atomic mass is 10.1. The zero-order valence-corrected chi connectivity index (χ0v) is 20.8. The molecule has 8 heteroatoms. The van der Waals surface area contributed by atoms with Gasteiger partial charge in [-0.25, -0.2) is 4.98 Å². The van der Waals surface area contributed by atoms with Crippen molar-refractivity contribution in [1.29, 1.82) is 0 Å². The van der Waals surface area contributed by atoms with Crippen LogP contribution in [0.4, 0.5) is 11.6 Å². The van der Waals surface area contributed by atoms with Gasteiger partial charge in [-0.1, -0.05) is 18.6 Å². The maximum absolute atomic E-state index is 11.9. The van der Waals surface area contributed by atoms with Crippen LogP contribution in [0.5, 0.6) is 11.5 Å². The first-order chi connectivity index (χ1) is 17.6. The van der Waals surface area contributed by atoms with Crippen molar-refractivity contribution in [2.45, 2.75) is 25.7 Å². The molecule has 2 N–H and O–H groups in total. The van der Waals surface area contributed by atoms with Gasteiger partial charge in [-0.3, -0.25) is 9.78 Å². The van der Waals surface area contributed by atoms with Gasteiger partial charge in [0, 0.05) is 47.5 Å². The number of benzene rings is 2. The largest absolute Gasteiger partial charge is 0.457 e. The van der Waals surface area contributed by atoms with E-state index in [2.05, 4.69) is 44.8 Å². The fourth-order valence-corrected chi connectivity index (χ4v) is 4.62. The van der Waals surface area contributed by atoms with E-state index in [0.29, 0.717) is 17.2 Å². The molecule has 0 atom stereocenters. The number of hydrogen-bond donors (Lipinski definition) is 2. The number of amides is 1. The van der Waals surface area contributed by atoms with E-state index in [0.717, 1.165) is 35.6 Å². The van der Waals surface area contributed by atoms with Crippen molar-refractivity contribution < 1.29 is 12.4 Å². The molecule has 1 amide bonds. The Morgan fingerprint density at radius 1 is 1.06 bits per heavy atom. The number of likely N-dealkylation sites (tertiary alicyclic amines) is 1. The van der Waals surface area contributed by atoms with Gasteiger partial charge in [0.25, 0.3) is 5.91 Å². The highest BCUT2D eigenvalue weighted by Crippen LogP contribution is 2.28. The van der Waals surface area contributed by atoms with Gasteiger partial charge in [-0.15, -0.1) is 0 Å². The van der Waals surface area contributed by atoms with Crippen molar-refractivity contribution in [3.8, 4) is 11.5 Å². The smallest absolute Gasteiger partial charge is 0.269 e. The molecule has 8 nitrogen and oxygen atoms in total. The number of carbonyl (C=O) groups is 1. The second-order valence-electron chi connectivity index (χ2n) is 9.18. The average Bonchev–Trinajstić information content (AvgIpc) is 3.22. The highest BCUT2D eigenvalue weighted by atomic mass is 16.5. The van der Waals surface area contributed by atoms with Crippen LogP contribution in [0.3, 0.4) is 0 Å². The second kappa shape index (κ2) is 10.8. The molecule has 2 aromatic carbocycles. The van der Waals surface area contributed by atoms with Crippen molar-refractivity contribution in [3.63, 3.8) is 0 Å². The number of aromatic nitrogens is 3. The average molecular weight is 489 g/mol. The summed E-state index contributed by atoms with van der Waals surface area (Å²) in [6, 6.07) is 17.7. The van der Waals surface area contributed by atoms with E-state index >= 15 is 0 Å². The number of ether oxygens (including phenoxy) is 1. The SMILES string of the molecule is CNC(=O)c1cc(Oc2ccc3c(c2)nc(Nc2cccc(CCN4CCCCC4)c2)n3C)ccn1.[HH].[HH]. The van der Waals surface area contributed by atoms with E-state index in [4.69, 9.17) is 9.72 Å². The number of rotatable bonds is 8. The Hall–Kier alpha value is -3.91. The fourth-order valence-electron chi connectivity index (χ4n) is 4.62. The maximum atomic E-state index is 11.9. The Labute approximate surface area is 214 Å². The first-order valence-corrected chi connectivity index (χ1v) is 12.5. The first-order valence-electron chi connectivity index (χ1n) is 12.5. The second-order valence-corrected chi connectivity index (χ2v) is 9.18. The quantitative estimate of drug-likeness (QED) is 0.346. The van der Waals surface area contributed by atoms with E-state index < -0.39 is 0 Å². The summed E-state index contributed by atoms with van der Waals surface area (Å²) >= 11 is 0. The van der Waals surface area contributed by atoms with Gasteiger partial charge in [0.2, 0.25) is 5.95 Å². The highest BCUT2D eigenvalue weighted by molar-refractivity contribution is 5.92. The third kappa shape index (κ3) is 5.49. The lowest BCUT2D eigenvalue weighted by Gasteiger charge is -2.26. The number of carbonyl (C=O) groups excluding carboxylic acids is 1. The summed E-state index contributed by atoms with van der Waals surface area (Å²) in [5, 5.41) is 6.05. The Morgan fingerprint density at radius 2 is 1.89 bits per heavy atom. The summed E-state index contributed by atoms with van der Waals surface area (Å²) in [6.45, 7) is 3.56. The van der Waals surface area contributed by atoms with E-state index in [-0.39, 0.29) is 8.76 Å². The van der Waals surface area contributed by atoms with Crippen LogP contribution in [0.2, 0.25) is 0 Å². The van der Waals surface area contributed by atoms with Crippen LogP contribution in [0, 0.1) is 0 Å². The van der Waals surface area contributed by atoms with Crippen LogP contribution < -0.4 is 15.4 Å². The number of pyridine rings is 1. The minimum atomic E-state index is -0.257. The lowest BCUT2D eigenvalue weighted by Crippen LogP contribution is -2.31. The van der Waals surface area contributed by atoms with Gasteiger partial charge in [0.05, 0.1) is 11.0 Å². The summed E-state index contributed by atoms with van der Waals surface area (Å²) in [5.41, 5.74) is 4.47. The molecular formula is C28H36N6O2. The number of anilines is 2. The molecule has 0 unspecified atom stereocenters. The lowest BCUT2D eigenvalue weighted by molar-refractivity contribution is 0.0958. The molecule has 36 heavy (non-hydrogen) atoms. The molecule has 190 valence electrons. The molecule has 0 aliphatic carbocycles. The molecule has 0 saturated carbocycles. The summed E-state index contributed by atoms with van der Waals surface area (Å²) in [4.78, 5) is 23.3. The Balaban J connectivity index is 0.00000200. The number of fused-ring (bicyclic) bond motifs is 1. The van der Waals surface area contributed by atoms with Crippen molar-refractivity contribution in [3.05, 3.63) is 72.1 Å². The van der Waals surface area contributed by atoms with Gasteiger partial charge >= 0.3 is 0 Å². The van der Waals surface area contributed by atoms with Gasteiger partial charge < -0.3 is 24.8 Å². The Bertz CT molecular complexity index is 1370. The minimum absolute atomic E-state index is 0. The molecule has 3 heterocycles. The molecule has 1 aliphatic heterocycles. The van der Waals surface area contributed by atoms with Crippen LogP contribution in [-0.4, -0.2) is 52.0 Å². The van der Waals surface area contributed by atoms with Crippen LogP contribution in [0.1, 0.15) is 38.2 Å². The number of hydrogen-bond acceptors (Lipinski definition) is 6. The van der Waals surface area contributed by atoms with E-state index in [9.17, 15) is 4.79 Å². The normalized spacial score (nSPS) is 14.1. The third-order valence-electron chi connectivity index (χ3n) is 6.63. The molecule has 0 bridgehead atoms. The van der Waals surface area contributed by atoms with E-state index in [1.807, 2.05) is 29.8 Å².